The third-order valence-electron chi connectivity index (χ3n) is 4.73. The first-order chi connectivity index (χ1) is 13.6. The van der Waals surface area contributed by atoms with E-state index in [1.165, 1.54) is 19.1 Å². The molecule has 1 aliphatic heterocycles. The molecule has 9 heteroatoms. The average molecular weight is 439 g/mol. The van der Waals surface area contributed by atoms with Gasteiger partial charge in [-0.3, -0.25) is 19.2 Å². The zero-order valence-corrected chi connectivity index (χ0v) is 17.6. The van der Waals surface area contributed by atoms with Gasteiger partial charge in [-0.2, -0.15) is 0 Å². The normalized spacial score (nSPS) is 19.3. The molecule has 1 aromatic rings. The van der Waals surface area contributed by atoms with Crippen molar-refractivity contribution in [2.45, 2.75) is 47.1 Å². The summed E-state index contributed by atoms with van der Waals surface area (Å²) in [5, 5.41) is 5.38. The molecule has 0 bridgehead atoms. The molecule has 1 fully saturated rings. The van der Waals surface area contributed by atoms with Gasteiger partial charge < -0.3 is 21.3 Å². The minimum absolute atomic E-state index is 0. The number of anilines is 1. The number of primary amides is 1. The van der Waals surface area contributed by atoms with E-state index in [2.05, 4.69) is 24.5 Å². The van der Waals surface area contributed by atoms with Crippen molar-refractivity contribution in [1.29, 1.82) is 0 Å². The summed E-state index contributed by atoms with van der Waals surface area (Å²) in [6.45, 7) is 6.67. The van der Waals surface area contributed by atoms with Crippen LogP contribution in [0.5, 0.6) is 0 Å². The second-order valence-corrected chi connectivity index (χ2v) is 8.20. The predicted octanol–water partition coefficient (Wildman–Crippen LogP) is 2.41. The molecule has 8 nitrogen and oxygen atoms in total. The highest BCUT2D eigenvalue weighted by Gasteiger charge is 2.29. The Hall–Kier alpha value is -2.61. The second-order valence-electron chi connectivity index (χ2n) is 7.76. The quantitative estimate of drug-likeness (QED) is 0.631. The van der Waals surface area contributed by atoms with Gasteiger partial charge >= 0.3 is 0 Å². The van der Waals surface area contributed by atoms with E-state index in [4.69, 9.17) is 17.3 Å². The average Bonchev–Trinajstić information content (AvgIpc) is 2.60. The van der Waals surface area contributed by atoms with Crippen molar-refractivity contribution in [3.05, 3.63) is 28.8 Å². The van der Waals surface area contributed by atoms with Crippen LogP contribution in [0, 0.1) is 11.8 Å². The van der Waals surface area contributed by atoms with E-state index < -0.39 is 23.8 Å². The molecule has 30 heavy (non-hydrogen) atoms. The first kappa shape index (κ1) is 25.4. The van der Waals surface area contributed by atoms with Gasteiger partial charge in [0.05, 0.1) is 17.7 Å². The Labute approximate surface area is 182 Å². The predicted molar refractivity (Wildman–Crippen MR) is 117 cm³/mol. The van der Waals surface area contributed by atoms with Crippen LogP contribution >= 0.6 is 11.6 Å². The van der Waals surface area contributed by atoms with Crippen molar-refractivity contribution in [1.82, 2.24) is 10.2 Å². The van der Waals surface area contributed by atoms with E-state index in [0.29, 0.717) is 29.9 Å². The minimum atomic E-state index is -1.14. The summed E-state index contributed by atoms with van der Waals surface area (Å²) < 4.78 is 0. The number of hydrogen-bond acceptors (Lipinski definition) is 4. The van der Waals surface area contributed by atoms with Crippen LogP contribution in [0.1, 0.15) is 51.4 Å². The monoisotopic (exact) mass is 438 g/mol. The van der Waals surface area contributed by atoms with Crippen LogP contribution in [0.25, 0.3) is 0 Å². The van der Waals surface area contributed by atoms with Gasteiger partial charge in [0.2, 0.25) is 17.7 Å². The van der Waals surface area contributed by atoms with Crippen molar-refractivity contribution >= 4 is 40.9 Å². The van der Waals surface area contributed by atoms with Gasteiger partial charge in [0.15, 0.2) is 0 Å². The minimum Gasteiger partial charge on any atom is -0.370 e. The Morgan fingerprint density at radius 1 is 1.20 bits per heavy atom. The second kappa shape index (κ2) is 11.0. The molecule has 2 rings (SSSR count). The number of nitrogens with two attached hydrogens (primary N) is 1. The third-order valence-corrected chi connectivity index (χ3v) is 4.96. The summed E-state index contributed by atoms with van der Waals surface area (Å²) in [6.07, 6.45) is 0.692. The molecule has 4 N–H and O–H groups in total. The molecule has 3 atom stereocenters. The van der Waals surface area contributed by atoms with Crippen LogP contribution in [0.2, 0.25) is 5.02 Å². The van der Waals surface area contributed by atoms with E-state index in [0.717, 1.165) is 6.42 Å². The first-order valence-corrected chi connectivity index (χ1v) is 9.89. The molecular formula is C21H31ClN4O4. The molecule has 0 spiro atoms. The van der Waals surface area contributed by atoms with Gasteiger partial charge in [-0.25, -0.2) is 0 Å². The summed E-state index contributed by atoms with van der Waals surface area (Å²) in [5.41, 5.74) is 5.69. The SMILES string of the molecule is C.CC(=O)N[C@@H](CC(N)=O)C(=O)Nc1ccc(Cl)cc1C(=O)N1C[C@H](C)C[C@H](C)C1. The molecule has 1 heterocycles. The Morgan fingerprint density at radius 3 is 2.33 bits per heavy atom. The van der Waals surface area contributed by atoms with Gasteiger partial charge in [0, 0.05) is 25.0 Å². The Bertz CT molecular complexity index is 788. The fraction of sp³-hybridized carbons (Fsp3) is 0.524. The molecule has 0 aromatic heterocycles. The number of halogens is 1. The smallest absolute Gasteiger partial charge is 0.256 e. The number of benzene rings is 1. The van der Waals surface area contributed by atoms with Crippen LogP contribution < -0.4 is 16.4 Å². The standard InChI is InChI=1S/C20H27ClN4O4.CH4/c1-11-6-12(2)10-25(9-11)20(29)15-7-14(21)4-5-16(15)24-19(28)17(8-18(22)27)23-13(3)26;/h4-5,7,11-12,17H,6,8-10H2,1-3H3,(H2,22,27)(H,23,26)(H,24,28);1H4/t11-,12+,17-;/m0./s1. The van der Waals surface area contributed by atoms with Crippen LogP contribution in [0.4, 0.5) is 5.69 Å². The first-order valence-electron chi connectivity index (χ1n) is 9.52. The lowest BCUT2D eigenvalue weighted by Crippen LogP contribution is -2.46. The summed E-state index contributed by atoms with van der Waals surface area (Å²) in [5.74, 6) is -1.33. The van der Waals surface area contributed by atoms with Crippen LogP contribution in [-0.2, 0) is 14.4 Å². The van der Waals surface area contributed by atoms with E-state index in [1.807, 2.05) is 0 Å². The molecule has 1 aromatic carbocycles. The lowest BCUT2D eigenvalue weighted by molar-refractivity contribution is -0.127. The molecule has 0 aliphatic carbocycles. The third kappa shape index (κ3) is 7.02. The van der Waals surface area contributed by atoms with Crippen LogP contribution in [0.3, 0.4) is 0 Å². The Morgan fingerprint density at radius 2 is 1.80 bits per heavy atom. The molecule has 1 aliphatic rings. The van der Waals surface area contributed by atoms with Crippen LogP contribution in [-0.4, -0.2) is 47.7 Å². The molecule has 0 unspecified atom stereocenters. The van der Waals surface area contributed by atoms with Crippen molar-refractivity contribution in [3.8, 4) is 0 Å². The number of carbonyl (C=O) groups is 4. The fourth-order valence-electron chi connectivity index (χ4n) is 3.68. The Kier molecular flexibility index (Phi) is 9.29. The lowest BCUT2D eigenvalue weighted by atomic mass is 9.91. The number of rotatable bonds is 6. The van der Waals surface area contributed by atoms with E-state index in [-0.39, 0.29) is 31.0 Å². The summed E-state index contributed by atoms with van der Waals surface area (Å²) in [4.78, 5) is 50.1. The van der Waals surface area contributed by atoms with E-state index >= 15 is 0 Å². The Balaban J connectivity index is 0.00000450. The van der Waals surface area contributed by atoms with Crippen LogP contribution in [0.15, 0.2) is 18.2 Å². The number of likely N-dealkylation sites (tertiary alicyclic amines) is 1. The zero-order chi connectivity index (χ0) is 21.7. The number of carbonyl (C=O) groups excluding carboxylic acids is 4. The molecular weight excluding hydrogens is 408 g/mol. The highest BCUT2D eigenvalue weighted by Crippen LogP contribution is 2.27. The maximum absolute atomic E-state index is 13.1. The number of amides is 4. The summed E-state index contributed by atoms with van der Waals surface area (Å²) >= 11 is 6.09. The number of nitrogens with one attached hydrogen (secondary N) is 2. The highest BCUT2D eigenvalue weighted by atomic mass is 35.5. The van der Waals surface area contributed by atoms with Crippen molar-refractivity contribution < 1.29 is 19.2 Å². The lowest BCUT2D eigenvalue weighted by Gasteiger charge is -2.35. The van der Waals surface area contributed by atoms with Gasteiger partial charge in [0.25, 0.3) is 5.91 Å². The van der Waals surface area contributed by atoms with Gasteiger partial charge in [-0.15, -0.1) is 0 Å². The number of hydrogen-bond donors (Lipinski definition) is 3. The fourth-order valence-corrected chi connectivity index (χ4v) is 3.85. The number of nitrogens with zero attached hydrogens (tertiary/aromatic N) is 1. The molecule has 0 radical (unpaired) electrons. The zero-order valence-electron chi connectivity index (χ0n) is 16.8. The van der Waals surface area contributed by atoms with Gasteiger partial charge in [-0.1, -0.05) is 32.9 Å². The molecule has 0 saturated carbocycles. The van der Waals surface area contributed by atoms with E-state index in [1.54, 1.807) is 11.0 Å². The maximum Gasteiger partial charge on any atom is 0.256 e. The summed E-state index contributed by atoms with van der Waals surface area (Å²) in [6, 6.07) is 3.44. The topological polar surface area (TPSA) is 122 Å². The van der Waals surface area contributed by atoms with Gasteiger partial charge in [0.1, 0.15) is 6.04 Å². The summed E-state index contributed by atoms with van der Waals surface area (Å²) in [7, 11) is 0. The highest BCUT2D eigenvalue weighted by molar-refractivity contribution is 6.31. The number of piperidine rings is 1. The largest absolute Gasteiger partial charge is 0.370 e. The van der Waals surface area contributed by atoms with E-state index in [9.17, 15) is 19.2 Å². The van der Waals surface area contributed by atoms with Crippen molar-refractivity contribution in [2.24, 2.45) is 17.6 Å². The maximum atomic E-state index is 13.1. The molecule has 166 valence electrons. The van der Waals surface area contributed by atoms with Crippen molar-refractivity contribution in [2.75, 3.05) is 18.4 Å². The van der Waals surface area contributed by atoms with Crippen molar-refractivity contribution in [3.63, 3.8) is 0 Å². The molecule has 1 saturated heterocycles. The van der Waals surface area contributed by atoms with Gasteiger partial charge in [-0.05, 0) is 36.5 Å². The molecule has 4 amide bonds.